The molecule has 1 aromatic rings. The molecule has 1 fully saturated rings. The van der Waals surface area contributed by atoms with E-state index in [1.54, 1.807) is 20.8 Å². The summed E-state index contributed by atoms with van der Waals surface area (Å²) in [6, 6.07) is 4.79. The fourth-order valence-electron chi connectivity index (χ4n) is 3.70. The number of nitriles is 1. The summed E-state index contributed by atoms with van der Waals surface area (Å²) in [6.07, 6.45) is 2.32. The van der Waals surface area contributed by atoms with E-state index < -0.39 is 58.4 Å². The summed E-state index contributed by atoms with van der Waals surface area (Å²) in [5, 5.41) is 21.0. The van der Waals surface area contributed by atoms with E-state index in [4.69, 9.17) is 0 Å². The van der Waals surface area contributed by atoms with Crippen LogP contribution in [0.4, 0.5) is 10.1 Å². The third kappa shape index (κ3) is 5.37. The highest BCUT2D eigenvalue weighted by Crippen LogP contribution is 2.39. The van der Waals surface area contributed by atoms with E-state index in [0.29, 0.717) is 12.8 Å². The quantitative estimate of drug-likeness (QED) is 0.363. The first-order valence-corrected chi connectivity index (χ1v) is 12.8. The van der Waals surface area contributed by atoms with Gasteiger partial charge in [0.1, 0.15) is 16.1 Å². The molecule has 11 heteroatoms. The van der Waals surface area contributed by atoms with Crippen molar-refractivity contribution in [3.05, 3.63) is 39.7 Å². The first-order chi connectivity index (χ1) is 14.2. The number of hydrogen-bond acceptors (Lipinski definition) is 7. The van der Waals surface area contributed by atoms with Gasteiger partial charge in [0.25, 0.3) is 5.69 Å². The Morgan fingerprint density at radius 3 is 2.32 bits per heavy atom. The molecule has 0 aromatic heterocycles. The molecule has 0 heterocycles. The van der Waals surface area contributed by atoms with Crippen molar-refractivity contribution in [3.8, 4) is 6.07 Å². The minimum atomic E-state index is -4.14. The lowest BCUT2D eigenvalue weighted by Crippen LogP contribution is -2.56. The second kappa shape index (κ2) is 9.02. The number of nitrogens with one attached hydrogen (secondary N) is 1. The van der Waals surface area contributed by atoms with E-state index >= 15 is 0 Å². The Morgan fingerprint density at radius 2 is 1.84 bits per heavy atom. The average Bonchev–Trinajstić information content (AvgIpc) is 2.67. The molecule has 0 saturated heterocycles. The average molecular weight is 474 g/mol. The number of nitro benzene ring substituents is 1. The Kier molecular flexibility index (Phi) is 7.42. The number of hydrogen-bond donors (Lipinski definition) is 1. The zero-order valence-electron chi connectivity index (χ0n) is 18.1. The summed E-state index contributed by atoms with van der Waals surface area (Å²) in [4.78, 5) is 10.5. The molecule has 1 aliphatic carbocycles. The number of sulfone groups is 1. The van der Waals surface area contributed by atoms with Gasteiger partial charge < -0.3 is 4.55 Å². The summed E-state index contributed by atoms with van der Waals surface area (Å²) in [7, 11) is -4.14. The lowest BCUT2D eigenvalue weighted by molar-refractivity contribution is -0.385. The Hall–Kier alpha value is -1.74. The number of non-ortho nitro benzene ring substituents is 1. The van der Waals surface area contributed by atoms with E-state index in [0.717, 1.165) is 24.6 Å². The van der Waals surface area contributed by atoms with Crippen LogP contribution in [0.5, 0.6) is 0 Å². The topological polar surface area (TPSA) is 136 Å². The van der Waals surface area contributed by atoms with E-state index in [1.807, 2.05) is 6.07 Å². The lowest BCUT2D eigenvalue weighted by atomic mass is 9.89. The van der Waals surface area contributed by atoms with E-state index in [9.17, 15) is 32.7 Å². The van der Waals surface area contributed by atoms with Crippen molar-refractivity contribution >= 4 is 26.9 Å². The third-order valence-electron chi connectivity index (χ3n) is 5.57. The fourth-order valence-corrected chi connectivity index (χ4v) is 7.01. The zero-order chi connectivity index (χ0) is 23.7. The Morgan fingerprint density at radius 1 is 1.26 bits per heavy atom. The molecule has 2 rings (SSSR count). The summed E-state index contributed by atoms with van der Waals surface area (Å²) in [5.74, 6) is -1.59. The first kappa shape index (κ1) is 25.5. The van der Waals surface area contributed by atoms with Crippen LogP contribution in [0.1, 0.15) is 65.4 Å². The van der Waals surface area contributed by atoms with Gasteiger partial charge in [-0.2, -0.15) is 5.26 Å². The number of halogens is 1. The van der Waals surface area contributed by atoms with E-state index in [1.165, 1.54) is 6.92 Å². The van der Waals surface area contributed by atoms with E-state index in [2.05, 4.69) is 4.72 Å². The number of nitro groups is 1. The van der Waals surface area contributed by atoms with Crippen LogP contribution in [-0.2, 0) is 26.7 Å². The van der Waals surface area contributed by atoms with E-state index in [-0.39, 0.29) is 18.4 Å². The first-order valence-electron chi connectivity index (χ1n) is 9.95. The third-order valence-corrected chi connectivity index (χ3v) is 9.96. The summed E-state index contributed by atoms with van der Waals surface area (Å²) >= 11 is -1.82. The molecule has 172 valence electrons. The molecule has 0 bridgehead atoms. The van der Waals surface area contributed by atoms with Crippen LogP contribution in [0.2, 0.25) is 0 Å². The van der Waals surface area contributed by atoms with Crippen molar-refractivity contribution in [2.24, 2.45) is 0 Å². The maximum Gasteiger partial charge on any atom is 0.269 e. The van der Waals surface area contributed by atoms with Gasteiger partial charge in [0.15, 0.2) is 14.6 Å². The van der Waals surface area contributed by atoms with Crippen LogP contribution in [0, 0.1) is 27.3 Å². The molecule has 1 aliphatic rings. The van der Waals surface area contributed by atoms with Gasteiger partial charge in [-0.05, 0) is 46.6 Å². The largest absolute Gasteiger partial charge is 0.598 e. The van der Waals surface area contributed by atoms with Crippen LogP contribution >= 0.6 is 0 Å². The minimum absolute atomic E-state index is 0.168. The van der Waals surface area contributed by atoms with Gasteiger partial charge in [-0.1, -0.05) is 19.3 Å². The zero-order valence-corrected chi connectivity index (χ0v) is 19.7. The van der Waals surface area contributed by atoms with Gasteiger partial charge >= 0.3 is 0 Å². The normalized spacial score (nSPS) is 19.8. The SMILES string of the molecule is CC(C)(C)[S+]([O-])N[C@](C)(CS(=O)(=O)C1(C#N)CCCCC1)c1cc([N+](=O)[O-])ccc1F. The molecule has 1 saturated carbocycles. The number of benzene rings is 1. The van der Waals surface area contributed by atoms with Gasteiger partial charge in [0, 0.05) is 29.1 Å². The highest BCUT2D eigenvalue weighted by Gasteiger charge is 2.51. The van der Waals surface area contributed by atoms with Gasteiger partial charge in [0.05, 0.1) is 16.7 Å². The standard InChI is InChI=1S/C20H28FN3O5S2/c1-18(2,3)30(27)23-19(4,16-12-15(24(25)26)8-9-17(16)21)14-31(28,29)20(13-22)10-6-5-7-11-20/h8-9,12,23H,5-7,10-11,14H2,1-4H3/t19-,30?/m1/s1. The van der Waals surface area contributed by atoms with Crippen molar-refractivity contribution in [1.82, 2.24) is 4.72 Å². The minimum Gasteiger partial charge on any atom is -0.598 e. The number of nitrogens with zero attached hydrogens (tertiary/aromatic N) is 2. The highest BCUT2D eigenvalue weighted by molar-refractivity contribution is 7.93. The molecule has 0 radical (unpaired) electrons. The summed E-state index contributed by atoms with van der Waals surface area (Å²) in [5.41, 5.74) is -2.48. The summed E-state index contributed by atoms with van der Waals surface area (Å²) < 4.78 is 54.9. The van der Waals surface area contributed by atoms with Gasteiger partial charge in [-0.3, -0.25) is 10.1 Å². The van der Waals surface area contributed by atoms with Crippen LogP contribution in [-0.4, -0.2) is 33.1 Å². The fraction of sp³-hybridized carbons (Fsp3) is 0.650. The van der Waals surface area contributed by atoms with Gasteiger partial charge in [-0.15, -0.1) is 4.72 Å². The molecule has 0 amide bonds. The predicted octanol–water partition coefficient (Wildman–Crippen LogP) is 3.64. The Bertz CT molecular complexity index is 982. The highest BCUT2D eigenvalue weighted by atomic mass is 32.2. The molecular formula is C20H28FN3O5S2. The molecule has 0 aliphatic heterocycles. The Labute approximate surface area is 185 Å². The van der Waals surface area contributed by atoms with Crippen LogP contribution < -0.4 is 4.72 Å². The molecular weight excluding hydrogens is 445 g/mol. The summed E-state index contributed by atoms with van der Waals surface area (Å²) in [6.45, 7) is 6.33. The Balaban J connectivity index is 2.62. The van der Waals surface area contributed by atoms with Crippen molar-refractivity contribution in [2.45, 2.75) is 74.8 Å². The van der Waals surface area contributed by atoms with Gasteiger partial charge in [-0.25, -0.2) is 12.8 Å². The molecule has 1 aromatic carbocycles. The smallest absolute Gasteiger partial charge is 0.269 e. The van der Waals surface area contributed by atoms with Crippen molar-refractivity contribution in [2.75, 3.05) is 5.75 Å². The monoisotopic (exact) mass is 473 g/mol. The van der Waals surface area contributed by atoms with Crippen molar-refractivity contribution in [3.63, 3.8) is 0 Å². The molecule has 1 N–H and O–H groups in total. The lowest BCUT2D eigenvalue weighted by Gasteiger charge is -2.38. The molecule has 0 spiro atoms. The second-order valence-corrected chi connectivity index (χ2v) is 13.4. The second-order valence-electron chi connectivity index (χ2n) is 9.16. The predicted molar refractivity (Wildman–Crippen MR) is 117 cm³/mol. The molecule has 2 atom stereocenters. The maximum absolute atomic E-state index is 14.8. The van der Waals surface area contributed by atoms with Crippen LogP contribution in [0.25, 0.3) is 0 Å². The van der Waals surface area contributed by atoms with Crippen LogP contribution in [0.15, 0.2) is 18.2 Å². The molecule has 1 unspecified atom stereocenters. The number of rotatable bonds is 7. The van der Waals surface area contributed by atoms with Crippen molar-refractivity contribution < 1.29 is 22.3 Å². The maximum atomic E-state index is 14.8. The van der Waals surface area contributed by atoms with Gasteiger partial charge in [0.2, 0.25) is 0 Å². The molecule has 8 nitrogen and oxygen atoms in total. The van der Waals surface area contributed by atoms with Crippen molar-refractivity contribution in [1.29, 1.82) is 5.26 Å². The van der Waals surface area contributed by atoms with Crippen LogP contribution in [0.3, 0.4) is 0 Å². The molecule has 31 heavy (non-hydrogen) atoms.